The number of alkyl halides is 1. The molecular formula is C6H9ClN2O. The first-order valence-electron chi connectivity index (χ1n) is 2.96. The smallest absolute Gasteiger partial charge is 0.0955 e. The SMILES string of the molecule is Cn1cc([C@@H](O)CCl)cn1. The Kier molecular flexibility index (Phi) is 2.29. The molecule has 0 fully saturated rings. The highest BCUT2D eigenvalue weighted by Crippen LogP contribution is 2.11. The average molecular weight is 161 g/mol. The monoisotopic (exact) mass is 160 g/mol. The van der Waals surface area contributed by atoms with Gasteiger partial charge in [0.05, 0.1) is 18.2 Å². The molecule has 0 unspecified atom stereocenters. The summed E-state index contributed by atoms with van der Waals surface area (Å²) in [6.07, 6.45) is 2.76. The third-order valence-corrected chi connectivity index (χ3v) is 1.55. The number of aliphatic hydroxyl groups is 1. The highest BCUT2D eigenvalue weighted by molar-refractivity contribution is 6.18. The number of aromatic nitrogens is 2. The number of aryl methyl sites for hydroxylation is 1. The van der Waals surface area contributed by atoms with Crippen LogP contribution in [0.4, 0.5) is 0 Å². The summed E-state index contributed by atoms with van der Waals surface area (Å²) in [4.78, 5) is 0. The highest BCUT2D eigenvalue weighted by atomic mass is 35.5. The number of rotatable bonds is 2. The van der Waals surface area contributed by atoms with Gasteiger partial charge in [-0.2, -0.15) is 5.10 Å². The predicted octanol–water partition coefficient (Wildman–Crippen LogP) is 0.692. The summed E-state index contributed by atoms with van der Waals surface area (Å²) in [5.41, 5.74) is 0.762. The summed E-state index contributed by atoms with van der Waals surface area (Å²) in [6, 6.07) is 0. The van der Waals surface area contributed by atoms with Gasteiger partial charge >= 0.3 is 0 Å². The van der Waals surface area contributed by atoms with Crippen molar-refractivity contribution in [2.45, 2.75) is 6.10 Å². The summed E-state index contributed by atoms with van der Waals surface area (Å²) in [5.74, 6) is 0.214. The lowest BCUT2D eigenvalue weighted by Crippen LogP contribution is -1.96. The fourth-order valence-electron chi connectivity index (χ4n) is 0.701. The van der Waals surface area contributed by atoms with Crippen LogP contribution in [0.25, 0.3) is 0 Å². The first kappa shape index (κ1) is 7.57. The third kappa shape index (κ3) is 1.49. The molecule has 1 heterocycles. The van der Waals surface area contributed by atoms with E-state index in [1.54, 1.807) is 24.1 Å². The van der Waals surface area contributed by atoms with Crippen LogP contribution >= 0.6 is 11.6 Å². The number of hydrogen-bond donors (Lipinski definition) is 1. The van der Waals surface area contributed by atoms with Crippen LogP contribution in [-0.4, -0.2) is 20.8 Å². The van der Waals surface area contributed by atoms with Gasteiger partial charge in [0.2, 0.25) is 0 Å². The Morgan fingerprint density at radius 2 is 2.60 bits per heavy atom. The van der Waals surface area contributed by atoms with E-state index >= 15 is 0 Å². The van der Waals surface area contributed by atoms with Crippen LogP contribution < -0.4 is 0 Å². The standard InChI is InChI=1S/C6H9ClN2O/c1-9-4-5(3-8-9)6(10)2-7/h3-4,6,10H,2H2,1H3/t6-/m0/s1. The Bertz CT molecular complexity index is 211. The quantitative estimate of drug-likeness (QED) is 0.647. The van der Waals surface area contributed by atoms with E-state index in [0.29, 0.717) is 0 Å². The van der Waals surface area contributed by atoms with E-state index in [2.05, 4.69) is 5.10 Å². The maximum absolute atomic E-state index is 9.16. The number of aliphatic hydroxyl groups excluding tert-OH is 1. The van der Waals surface area contributed by atoms with Crippen LogP contribution in [0, 0.1) is 0 Å². The molecule has 0 saturated heterocycles. The van der Waals surface area contributed by atoms with E-state index in [1.165, 1.54) is 0 Å². The zero-order valence-electron chi connectivity index (χ0n) is 5.66. The Morgan fingerprint density at radius 3 is 3.00 bits per heavy atom. The van der Waals surface area contributed by atoms with E-state index < -0.39 is 6.10 Å². The summed E-state index contributed by atoms with van der Waals surface area (Å²) >= 11 is 5.41. The maximum Gasteiger partial charge on any atom is 0.0955 e. The second-order valence-corrected chi connectivity index (χ2v) is 2.43. The topological polar surface area (TPSA) is 38.0 Å². The van der Waals surface area contributed by atoms with Crippen LogP contribution in [0.2, 0.25) is 0 Å². The molecule has 10 heavy (non-hydrogen) atoms. The minimum absolute atomic E-state index is 0.214. The number of hydrogen-bond acceptors (Lipinski definition) is 2. The first-order valence-corrected chi connectivity index (χ1v) is 3.50. The summed E-state index contributed by atoms with van der Waals surface area (Å²) in [5, 5.41) is 13.0. The molecule has 56 valence electrons. The fraction of sp³-hybridized carbons (Fsp3) is 0.500. The van der Waals surface area contributed by atoms with Gasteiger partial charge in [0.25, 0.3) is 0 Å². The van der Waals surface area contributed by atoms with Crippen molar-refractivity contribution in [1.29, 1.82) is 0 Å². The van der Waals surface area contributed by atoms with Crippen LogP contribution in [0.3, 0.4) is 0 Å². The molecule has 0 aliphatic rings. The molecule has 4 heteroatoms. The lowest BCUT2D eigenvalue weighted by atomic mass is 10.2. The zero-order valence-corrected chi connectivity index (χ0v) is 6.41. The van der Waals surface area contributed by atoms with Crippen LogP contribution in [0.5, 0.6) is 0 Å². The molecule has 0 radical (unpaired) electrons. The second kappa shape index (κ2) is 3.03. The molecule has 0 amide bonds. The Balaban J connectivity index is 2.74. The molecule has 0 spiro atoms. The van der Waals surface area contributed by atoms with Crippen LogP contribution in [0.1, 0.15) is 11.7 Å². The highest BCUT2D eigenvalue weighted by Gasteiger charge is 2.06. The molecule has 0 aliphatic heterocycles. The van der Waals surface area contributed by atoms with Crippen molar-refractivity contribution in [3.05, 3.63) is 18.0 Å². The average Bonchev–Trinajstić information content (AvgIpc) is 2.34. The molecule has 0 aliphatic carbocycles. The van der Waals surface area contributed by atoms with Gasteiger partial charge in [-0.15, -0.1) is 11.6 Å². The molecule has 0 aromatic carbocycles. The molecule has 1 aromatic heterocycles. The summed E-state index contributed by atoms with van der Waals surface area (Å²) in [6.45, 7) is 0. The van der Waals surface area contributed by atoms with E-state index in [1.807, 2.05) is 0 Å². The van der Waals surface area contributed by atoms with Crippen molar-refractivity contribution < 1.29 is 5.11 Å². The van der Waals surface area contributed by atoms with Crippen molar-refractivity contribution in [2.24, 2.45) is 7.05 Å². The van der Waals surface area contributed by atoms with E-state index in [0.717, 1.165) is 5.56 Å². The fourth-order valence-corrected chi connectivity index (χ4v) is 0.879. The molecule has 1 aromatic rings. The largest absolute Gasteiger partial charge is 0.387 e. The van der Waals surface area contributed by atoms with Gasteiger partial charge < -0.3 is 5.11 Å². The van der Waals surface area contributed by atoms with Crippen LogP contribution in [0.15, 0.2) is 12.4 Å². The Morgan fingerprint density at radius 1 is 1.90 bits per heavy atom. The van der Waals surface area contributed by atoms with Gasteiger partial charge in [-0.3, -0.25) is 4.68 Å². The normalized spacial score (nSPS) is 13.5. The molecule has 1 N–H and O–H groups in total. The molecule has 0 bridgehead atoms. The van der Waals surface area contributed by atoms with E-state index in [-0.39, 0.29) is 5.88 Å². The van der Waals surface area contributed by atoms with Gasteiger partial charge in [0, 0.05) is 18.8 Å². The zero-order chi connectivity index (χ0) is 7.56. The molecule has 1 rings (SSSR count). The predicted molar refractivity (Wildman–Crippen MR) is 38.9 cm³/mol. The van der Waals surface area contributed by atoms with Gasteiger partial charge in [0.15, 0.2) is 0 Å². The Labute approximate surface area is 64.2 Å². The molecule has 3 nitrogen and oxygen atoms in total. The van der Waals surface area contributed by atoms with Crippen molar-refractivity contribution in [3.8, 4) is 0 Å². The van der Waals surface area contributed by atoms with Gasteiger partial charge in [0.1, 0.15) is 0 Å². The van der Waals surface area contributed by atoms with Crippen molar-refractivity contribution in [1.82, 2.24) is 9.78 Å². The van der Waals surface area contributed by atoms with Crippen molar-refractivity contribution in [3.63, 3.8) is 0 Å². The second-order valence-electron chi connectivity index (χ2n) is 2.12. The van der Waals surface area contributed by atoms with Gasteiger partial charge in [-0.25, -0.2) is 0 Å². The number of halogens is 1. The van der Waals surface area contributed by atoms with Gasteiger partial charge in [-0.1, -0.05) is 0 Å². The van der Waals surface area contributed by atoms with Crippen molar-refractivity contribution in [2.75, 3.05) is 5.88 Å². The number of nitrogens with zero attached hydrogens (tertiary/aromatic N) is 2. The van der Waals surface area contributed by atoms with E-state index in [4.69, 9.17) is 16.7 Å². The lowest BCUT2D eigenvalue weighted by Gasteiger charge is -1.99. The van der Waals surface area contributed by atoms with Gasteiger partial charge in [-0.05, 0) is 0 Å². The van der Waals surface area contributed by atoms with Crippen molar-refractivity contribution >= 4 is 11.6 Å². The maximum atomic E-state index is 9.16. The minimum atomic E-state index is -0.588. The molecular weight excluding hydrogens is 152 g/mol. The van der Waals surface area contributed by atoms with E-state index in [9.17, 15) is 0 Å². The lowest BCUT2D eigenvalue weighted by molar-refractivity contribution is 0.202. The molecule has 0 saturated carbocycles. The molecule has 1 atom stereocenters. The Hall–Kier alpha value is -0.540. The van der Waals surface area contributed by atoms with Crippen LogP contribution in [-0.2, 0) is 7.05 Å². The first-order chi connectivity index (χ1) is 4.74. The summed E-state index contributed by atoms with van der Waals surface area (Å²) in [7, 11) is 1.80. The summed E-state index contributed by atoms with van der Waals surface area (Å²) < 4.78 is 1.63. The minimum Gasteiger partial charge on any atom is -0.387 e. The third-order valence-electron chi connectivity index (χ3n) is 1.26.